The van der Waals surface area contributed by atoms with E-state index in [4.69, 9.17) is 9.15 Å². The molecule has 0 aromatic carbocycles. The zero-order valence-corrected chi connectivity index (χ0v) is 10.2. The SMILES string of the molecule is CCNC(c1ccc(CC)o1)C1CCCO1. The van der Waals surface area contributed by atoms with Gasteiger partial charge in [-0.05, 0) is 31.5 Å². The molecule has 1 aliphatic rings. The van der Waals surface area contributed by atoms with Gasteiger partial charge >= 0.3 is 0 Å². The molecule has 1 aromatic heterocycles. The van der Waals surface area contributed by atoms with Gasteiger partial charge in [0.1, 0.15) is 11.5 Å². The first kappa shape index (κ1) is 11.7. The Morgan fingerprint density at radius 1 is 1.44 bits per heavy atom. The molecule has 2 heterocycles. The molecule has 0 saturated carbocycles. The maximum atomic E-state index is 5.82. The molecule has 1 fully saturated rings. The number of rotatable bonds is 5. The molecule has 1 aromatic rings. The normalized spacial score (nSPS) is 22.5. The molecule has 1 saturated heterocycles. The van der Waals surface area contributed by atoms with Crippen molar-refractivity contribution in [3.05, 3.63) is 23.7 Å². The Morgan fingerprint density at radius 2 is 2.31 bits per heavy atom. The van der Waals surface area contributed by atoms with Crippen molar-refractivity contribution in [2.75, 3.05) is 13.2 Å². The number of ether oxygens (including phenoxy) is 1. The van der Waals surface area contributed by atoms with Crippen LogP contribution < -0.4 is 5.32 Å². The van der Waals surface area contributed by atoms with Crippen molar-refractivity contribution in [3.63, 3.8) is 0 Å². The molecular weight excluding hydrogens is 202 g/mol. The maximum absolute atomic E-state index is 5.82. The summed E-state index contributed by atoms with van der Waals surface area (Å²) in [7, 11) is 0. The molecule has 1 aliphatic heterocycles. The Balaban J connectivity index is 2.10. The van der Waals surface area contributed by atoms with E-state index in [0.717, 1.165) is 43.9 Å². The number of furan rings is 1. The first-order valence-corrected chi connectivity index (χ1v) is 6.28. The van der Waals surface area contributed by atoms with E-state index in [1.165, 1.54) is 0 Å². The molecule has 1 N–H and O–H groups in total. The predicted octanol–water partition coefficient (Wildman–Crippen LogP) is 2.67. The van der Waals surface area contributed by atoms with Gasteiger partial charge in [-0.15, -0.1) is 0 Å². The molecule has 2 atom stereocenters. The predicted molar refractivity (Wildman–Crippen MR) is 63.5 cm³/mol. The Bertz CT molecular complexity index is 315. The number of hydrogen-bond donors (Lipinski definition) is 1. The quantitative estimate of drug-likeness (QED) is 0.833. The van der Waals surface area contributed by atoms with Crippen LogP contribution in [0.5, 0.6) is 0 Å². The summed E-state index contributed by atoms with van der Waals surface area (Å²) in [5.41, 5.74) is 0. The largest absolute Gasteiger partial charge is 0.464 e. The fraction of sp³-hybridized carbons (Fsp3) is 0.692. The van der Waals surface area contributed by atoms with Gasteiger partial charge in [0, 0.05) is 13.0 Å². The molecule has 90 valence electrons. The van der Waals surface area contributed by atoms with Crippen LogP contribution >= 0.6 is 0 Å². The molecule has 0 bridgehead atoms. The standard InChI is InChI=1S/C13H21NO2/c1-3-10-7-8-12(16-10)13(14-4-2)11-6-5-9-15-11/h7-8,11,13-14H,3-6,9H2,1-2H3. The third kappa shape index (κ3) is 2.47. The van der Waals surface area contributed by atoms with Crippen molar-refractivity contribution in [2.45, 2.75) is 45.3 Å². The van der Waals surface area contributed by atoms with Crippen LogP contribution in [0, 0.1) is 0 Å². The third-order valence-electron chi connectivity index (χ3n) is 3.10. The van der Waals surface area contributed by atoms with Gasteiger partial charge in [-0.3, -0.25) is 0 Å². The van der Waals surface area contributed by atoms with E-state index < -0.39 is 0 Å². The summed E-state index contributed by atoms with van der Waals surface area (Å²) in [6, 6.07) is 4.36. The van der Waals surface area contributed by atoms with Crippen LogP contribution in [0.1, 0.15) is 44.3 Å². The second-order valence-corrected chi connectivity index (χ2v) is 4.24. The van der Waals surface area contributed by atoms with Crippen molar-refractivity contribution >= 4 is 0 Å². The summed E-state index contributed by atoms with van der Waals surface area (Å²) >= 11 is 0. The highest BCUT2D eigenvalue weighted by Gasteiger charge is 2.28. The third-order valence-corrected chi connectivity index (χ3v) is 3.10. The van der Waals surface area contributed by atoms with E-state index in [-0.39, 0.29) is 12.1 Å². The number of hydrogen-bond acceptors (Lipinski definition) is 3. The van der Waals surface area contributed by atoms with Gasteiger partial charge in [-0.2, -0.15) is 0 Å². The van der Waals surface area contributed by atoms with Gasteiger partial charge in [-0.25, -0.2) is 0 Å². The van der Waals surface area contributed by atoms with E-state index in [0.29, 0.717) is 0 Å². The fourth-order valence-electron chi connectivity index (χ4n) is 2.25. The summed E-state index contributed by atoms with van der Waals surface area (Å²) < 4.78 is 11.6. The van der Waals surface area contributed by atoms with Crippen LogP contribution in [0.3, 0.4) is 0 Å². The lowest BCUT2D eigenvalue weighted by molar-refractivity contribution is 0.0714. The zero-order valence-electron chi connectivity index (χ0n) is 10.2. The lowest BCUT2D eigenvalue weighted by atomic mass is 10.1. The van der Waals surface area contributed by atoms with Gasteiger partial charge in [0.05, 0.1) is 12.1 Å². The molecule has 3 nitrogen and oxygen atoms in total. The molecule has 0 aliphatic carbocycles. The summed E-state index contributed by atoms with van der Waals surface area (Å²) in [4.78, 5) is 0. The molecule has 3 heteroatoms. The molecule has 2 rings (SSSR count). The average Bonchev–Trinajstić information content (AvgIpc) is 2.97. The zero-order chi connectivity index (χ0) is 11.4. The van der Waals surface area contributed by atoms with Crippen molar-refractivity contribution in [1.82, 2.24) is 5.32 Å². The lowest BCUT2D eigenvalue weighted by Crippen LogP contribution is -2.31. The first-order valence-electron chi connectivity index (χ1n) is 6.28. The van der Waals surface area contributed by atoms with Gasteiger partial charge in [-0.1, -0.05) is 13.8 Å². The van der Waals surface area contributed by atoms with Gasteiger partial charge < -0.3 is 14.5 Å². The lowest BCUT2D eigenvalue weighted by Gasteiger charge is -2.21. The molecule has 0 spiro atoms. The Hall–Kier alpha value is -0.800. The molecule has 0 amide bonds. The number of aryl methyl sites for hydroxylation is 1. The Morgan fingerprint density at radius 3 is 2.88 bits per heavy atom. The van der Waals surface area contributed by atoms with Crippen LogP contribution in [0.25, 0.3) is 0 Å². The second-order valence-electron chi connectivity index (χ2n) is 4.24. The number of likely N-dealkylation sites (N-methyl/N-ethyl adjacent to an activating group) is 1. The minimum absolute atomic E-state index is 0.216. The smallest absolute Gasteiger partial charge is 0.123 e. The highest BCUT2D eigenvalue weighted by Crippen LogP contribution is 2.28. The van der Waals surface area contributed by atoms with E-state index in [9.17, 15) is 0 Å². The highest BCUT2D eigenvalue weighted by atomic mass is 16.5. The second kappa shape index (κ2) is 5.51. The average molecular weight is 223 g/mol. The summed E-state index contributed by atoms with van der Waals surface area (Å²) in [6.45, 7) is 6.04. The van der Waals surface area contributed by atoms with Crippen LogP contribution in [-0.2, 0) is 11.2 Å². The van der Waals surface area contributed by atoms with E-state index in [2.05, 4.69) is 31.3 Å². The van der Waals surface area contributed by atoms with Crippen molar-refractivity contribution < 1.29 is 9.15 Å². The van der Waals surface area contributed by atoms with E-state index in [1.807, 2.05) is 0 Å². The van der Waals surface area contributed by atoms with Crippen molar-refractivity contribution in [2.24, 2.45) is 0 Å². The van der Waals surface area contributed by atoms with Crippen LogP contribution in [0.15, 0.2) is 16.5 Å². The molecule has 2 unspecified atom stereocenters. The van der Waals surface area contributed by atoms with Gasteiger partial charge in [0.15, 0.2) is 0 Å². The minimum atomic E-state index is 0.216. The van der Waals surface area contributed by atoms with Gasteiger partial charge in [0.2, 0.25) is 0 Å². The van der Waals surface area contributed by atoms with Crippen molar-refractivity contribution in [3.8, 4) is 0 Å². The fourth-order valence-corrected chi connectivity index (χ4v) is 2.25. The molecular formula is C13H21NO2. The number of nitrogens with one attached hydrogen (secondary N) is 1. The van der Waals surface area contributed by atoms with Crippen LogP contribution in [0.4, 0.5) is 0 Å². The van der Waals surface area contributed by atoms with Crippen molar-refractivity contribution in [1.29, 1.82) is 0 Å². The minimum Gasteiger partial charge on any atom is -0.464 e. The van der Waals surface area contributed by atoms with Crippen LogP contribution in [-0.4, -0.2) is 19.3 Å². The van der Waals surface area contributed by atoms with Crippen LogP contribution in [0.2, 0.25) is 0 Å². The first-order chi connectivity index (χ1) is 7.85. The monoisotopic (exact) mass is 223 g/mol. The maximum Gasteiger partial charge on any atom is 0.123 e. The Kier molecular flexibility index (Phi) is 4.02. The molecule has 0 radical (unpaired) electrons. The topological polar surface area (TPSA) is 34.4 Å². The summed E-state index contributed by atoms with van der Waals surface area (Å²) in [5, 5.41) is 3.46. The molecule has 16 heavy (non-hydrogen) atoms. The highest BCUT2D eigenvalue weighted by molar-refractivity contribution is 5.12. The summed E-state index contributed by atoms with van der Waals surface area (Å²) in [5.74, 6) is 2.07. The summed E-state index contributed by atoms with van der Waals surface area (Å²) in [6.07, 6.45) is 3.51. The van der Waals surface area contributed by atoms with E-state index >= 15 is 0 Å². The van der Waals surface area contributed by atoms with E-state index in [1.54, 1.807) is 0 Å². The Labute approximate surface area is 97.2 Å². The van der Waals surface area contributed by atoms with Gasteiger partial charge in [0.25, 0.3) is 0 Å².